The van der Waals surface area contributed by atoms with E-state index >= 15 is 0 Å². The van der Waals surface area contributed by atoms with Gasteiger partial charge in [0.2, 0.25) is 0 Å². The van der Waals surface area contributed by atoms with Crippen LogP contribution in [0.25, 0.3) is 10.9 Å². The van der Waals surface area contributed by atoms with E-state index in [1.807, 2.05) is 32.0 Å². The predicted octanol–water partition coefficient (Wildman–Crippen LogP) is 4.50. The zero-order valence-electron chi connectivity index (χ0n) is 17.8. The summed E-state index contributed by atoms with van der Waals surface area (Å²) in [5.41, 5.74) is 0.999. The Morgan fingerprint density at radius 3 is 2.71 bits per heavy atom. The van der Waals surface area contributed by atoms with Crippen LogP contribution >= 0.6 is 15.9 Å². The highest BCUT2D eigenvalue weighted by Gasteiger charge is 2.17. The molecule has 0 saturated heterocycles. The first-order valence-corrected chi connectivity index (χ1v) is 10.7. The number of carbonyl (C=O) groups is 1. The van der Waals surface area contributed by atoms with Crippen LogP contribution < -0.4 is 10.3 Å². The first-order chi connectivity index (χ1) is 14.8. The highest BCUT2D eigenvalue weighted by Crippen LogP contribution is 2.22. The van der Waals surface area contributed by atoms with Crippen LogP contribution in [0.5, 0.6) is 5.75 Å². The third kappa shape index (κ3) is 5.02. The lowest BCUT2D eigenvalue weighted by Crippen LogP contribution is -2.25. The fraction of sp³-hybridized carbons (Fsp3) is 0.304. The van der Waals surface area contributed by atoms with E-state index in [0.29, 0.717) is 28.0 Å². The normalized spacial score (nSPS) is 13.3. The topological polar surface area (TPSA) is 82.8 Å². The van der Waals surface area contributed by atoms with E-state index in [0.717, 1.165) is 10.9 Å². The predicted molar refractivity (Wildman–Crippen MR) is 124 cm³/mol. The molecule has 8 heteroatoms. The van der Waals surface area contributed by atoms with Gasteiger partial charge in [-0.2, -0.15) is 9.78 Å². The number of para-hydroxylation sites is 1. The van der Waals surface area contributed by atoms with Gasteiger partial charge in [0.25, 0.3) is 5.56 Å². The van der Waals surface area contributed by atoms with Crippen LogP contribution in [-0.4, -0.2) is 35.1 Å². The number of hydrogen-bond donors (Lipinski definition) is 0. The molecule has 0 spiro atoms. The lowest BCUT2D eigenvalue weighted by atomic mass is 10.1. The van der Waals surface area contributed by atoms with Gasteiger partial charge in [0.05, 0.1) is 24.2 Å². The van der Waals surface area contributed by atoms with Gasteiger partial charge in [0.1, 0.15) is 11.6 Å². The van der Waals surface area contributed by atoms with Crippen molar-refractivity contribution in [3.63, 3.8) is 0 Å². The van der Waals surface area contributed by atoms with E-state index in [2.05, 4.69) is 21.0 Å². The summed E-state index contributed by atoms with van der Waals surface area (Å²) in [6.45, 7) is 5.65. The van der Waals surface area contributed by atoms with Crippen molar-refractivity contribution >= 4 is 39.0 Å². The van der Waals surface area contributed by atoms with E-state index in [9.17, 15) is 9.59 Å². The summed E-state index contributed by atoms with van der Waals surface area (Å²) in [5, 5.41) is 4.94. The van der Waals surface area contributed by atoms with Crippen molar-refractivity contribution in [2.75, 3.05) is 7.11 Å². The molecule has 0 saturated carbocycles. The number of halogens is 1. The van der Waals surface area contributed by atoms with Crippen molar-refractivity contribution in [1.29, 1.82) is 0 Å². The largest absolute Gasteiger partial charge is 0.478 e. The molecule has 0 aliphatic heterocycles. The zero-order chi connectivity index (χ0) is 22.5. The third-order valence-corrected chi connectivity index (χ3v) is 5.45. The Morgan fingerprint density at radius 2 is 2.00 bits per heavy atom. The molecule has 162 valence electrons. The van der Waals surface area contributed by atoms with Crippen molar-refractivity contribution in [1.82, 2.24) is 9.66 Å². The minimum absolute atomic E-state index is 0.0312. The van der Waals surface area contributed by atoms with Crippen LogP contribution in [0.1, 0.15) is 44.5 Å². The molecule has 2 atom stereocenters. The Balaban J connectivity index is 2.08. The molecule has 31 heavy (non-hydrogen) atoms. The standard InChI is InChI=1S/C23H24BrN3O4/c1-5-14(2)21-26-19-11-10-17(24)12-18(19)22(28)27(21)25-13-16-8-6-7-9-20(16)31-15(3)23(29)30-4/h6-15H,5H2,1-4H3/t14-,15-/m0/s1. The molecule has 1 heterocycles. The van der Waals surface area contributed by atoms with Crippen LogP contribution in [-0.2, 0) is 9.53 Å². The molecule has 2 aromatic carbocycles. The Kier molecular flexibility index (Phi) is 7.22. The average molecular weight is 486 g/mol. The fourth-order valence-corrected chi connectivity index (χ4v) is 3.36. The highest BCUT2D eigenvalue weighted by molar-refractivity contribution is 9.10. The van der Waals surface area contributed by atoms with Gasteiger partial charge in [-0.1, -0.05) is 41.9 Å². The van der Waals surface area contributed by atoms with E-state index in [1.54, 1.807) is 31.2 Å². The smallest absolute Gasteiger partial charge is 0.346 e. The van der Waals surface area contributed by atoms with Crippen LogP contribution in [0.15, 0.2) is 56.8 Å². The maximum atomic E-state index is 13.2. The number of benzene rings is 2. The summed E-state index contributed by atoms with van der Waals surface area (Å²) >= 11 is 3.41. The molecular formula is C23H24BrN3O4. The number of methoxy groups -OCH3 is 1. The SMILES string of the molecule is CC[C@H](C)c1nc2ccc(Br)cc2c(=O)n1N=Cc1ccccc1O[C@@H](C)C(=O)OC. The number of ether oxygens (including phenoxy) is 2. The van der Waals surface area contributed by atoms with E-state index < -0.39 is 12.1 Å². The Bertz CT molecular complexity index is 1190. The van der Waals surface area contributed by atoms with Crippen molar-refractivity contribution in [2.45, 2.75) is 39.2 Å². The van der Waals surface area contributed by atoms with Crippen molar-refractivity contribution in [3.8, 4) is 5.75 Å². The molecular weight excluding hydrogens is 462 g/mol. The van der Waals surface area contributed by atoms with Gasteiger partial charge in [-0.3, -0.25) is 4.79 Å². The maximum Gasteiger partial charge on any atom is 0.346 e. The van der Waals surface area contributed by atoms with Gasteiger partial charge >= 0.3 is 5.97 Å². The summed E-state index contributed by atoms with van der Waals surface area (Å²) in [6.07, 6.45) is 1.57. The van der Waals surface area contributed by atoms with Crippen LogP contribution in [0.4, 0.5) is 0 Å². The van der Waals surface area contributed by atoms with Crippen LogP contribution in [0, 0.1) is 0 Å². The Labute approximate surface area is 188 Å². The maximum absolute atomic E-state index is 13.2. The van der Waals surface area contributed by atoms with E-state index in [4.69, 9.17) is 14.5 Å². The van der Waals surface area contributed by atoms with Gasteiger partial charge in [0.15, 0.2) is 6.10 Å². The summed E-state index contributed by atoms with van der Waals surface area (Å²) in [5.74, 6) is 0.591. The second-order valence-corrected chi connectivity index (χ2v) is 8.04. The number of nitrogens with zero attached hydrogens (tertiary/aromatic N) is 3. The molecule has 3 aromatic rings. The second-order valence-electron chi connectivity index (χ2n) is 7.12. The van der Waals surface area contributed by atoms with Gasteiger partial charge < -0.3 is 9.47 Å². The summed E-state index contributed by atoms with van der Waals surface area (Å²) in [7, 11) is 1.31. The number of esters is 1. The van der Waals surface area contributed by atoms with E-state index in [1.165, 1.54) is 18.0 Å². The number of rotatable bonds is 7. The lowest BCUT2D eigenvalue weighted by molar-refractivity contribution is -0.147. The minimum atomic E-state index is -0.780. The van der Waals surface area contributed by atoms with Gasteiger partial charge in [-0.25, -0.2) is 9.78 Å². The summed E-state index contributed by atoms with van der Waals surface area (Å²) < 4.78 is 12.6. The van der Waals surface area contributed by atoms with Gasteiger partial charge in [-0.05, 0) is 43.7 Å². The molecule has 0 aliphatic carbocycles. The number of fused-ring (bicyclic) bond motifs is 1. The first kappa shape index (κ1) is 22.7. The molecule has 0 radical (unpaired) electrons. The molecule has 0 fully saturated rings. The highest BCUT2D eigenvalue weighted by atomic mass is 79.9. The van der Waals surface area contributed by atoms with Gasteiger partial charge in [0, 0.05) is 16.0 Å². The first-order valence-electron chi connectivity index (χ1n) is 9.95. The molecule has 0 aliphatic rings. The van der Waals surface area contributed by atoms with Gasteiger partial charge in [-0.15, -0.1) is 0 Å². The number of aromatic nitrogens is 2. The Morgan fingerprint density at radius 1 is 1.26 bits per heavy atom. The number of hydrogen-bond acceptors (Lipinski definition) is 6. The fourth-order valence-electron chi connectivity index (χ4n) is 3.00. The lowest BCUT2D eigenvalue weighted by Gasteiger charge is -2.15. The monoisotopic (exact) mass is 485 g/mol. The van der Waals surface area contributed by atoms with E-state index in [-0.39, 0.29) is 11.5 Å². The summed E-state index contributed by atoms with van der Waals surface area (Å²) in [6, 6.07) is 12.6. The third-order valence-electron chi connectivity index (χ3n) is 4.95. The zero-order valence-corrected chi connectivity index (χ0v) is 19.4. The average Bonchev–Trinajstić information content (AvgIpc) is 2.78. The Hall–Kier alpha value is -3.00. The molecule has 0 bridgehead atoms. The molecule has 0 unspecified atom stereocenters. The van der Waals surface area contributed by atoms with Crippen LogP contribution in [0.2, 0.25) is 0 Å². The second kappa shape index (κ2) is 9.87. The molecule has 3 rings (SSSR count). The van der Waals surface area contributed by atoms with Crippen molar-refractivity contribution < 1.29 is 14.3 Å². The van der Waals surface area contributed by atoms with Crippen molar-refractivity contribution in [2.24, 2.45) is 5.10 Å². The minimum Gasteiger partial charge on any atom is -0.478 e. The molecule has 1 aromatic heterocycles. The summed E-state index contributed by atoms with van der Waals surface area (Å²) in [4.78, 5) is 29.6. The quantitative estimate of drug-likeness (QED) is 0.363. The van der Waals surface area contributed by atoms with Crippen LogP contribution in [0.3, 0.4) is 0 Å². The molecule has 0 amide bonds. The van der Waals surface area contributed by atoms with Crippen molar-refractivity contribution in [3.05, 3.63) is 68.7 Å². The molecule has 0 N–H and O–H groups in total. The molecule has 7 nitrogen and oxygen atoms in total. The number of carbonyl (C=O) groups excluding carboxylic acids is 1.